The van der Waals surface area contributed by atoms with Crippen LogP contribution in [0.15, 0.2) is 71.4 Å². The van der Waals surface area contributed by atoms with Gasteiger partial charge in [0.15, 0.2) is 16.1 Å². The van der Waals surface area contributed by atoms with Crippen molar-refractivity contribution in [2.45, 2.75) is 29.2 Å². The minimum atomic E-state index is -0.319. The summed E-state index contributed by atoms with van der Waals surface area (Å²) in [6.45, 7) is 0. The van der Waals surface area contributed by atoms with Crippen molar-refractivity contribution < 1.29 is 9.13 Å². The molecule has 9 heteroatoms. The summed E-state index contributed by atoms with van der Waals surface area (Å²) in [4.78, 5) is 12.8. The molecule has 3 heterocycles. The fraction of sp³-hybridized carbons (Fsp3) is 0.150. The van der Waals surface area contributed by atoms with Crippen LogP contribution >= 0.6 is 11.8 Å². The lowest BCUT2D eigenvalue weighted by atomic mass is 10.2. The molecule has 1 aromatic carbocycles. The fourth-order valence-electron chi connectivity index (χ4n) is 2.84. The number of rotatable bonds is 6. The predicted molar refractivity (Wildman–Crippen MR) is 104 cm³/mol. The van der Waals surface area contributed by atoms with E-state index >= 15 is 0 Å². The zero-order valence-corrected chi connectivity index (χ0v) is 16.0. The lowest BCUT2D eigenvalue weighted by Crippen LogP contribution is -2.00. The van der Waals surface area contributed by atoms with Gasteiger partial charge in [-0.15, -0.1) is 10.2 Å². The van der Waals surface area contributed by atoms with Gasteiger partial charge in [-0.25, -0.2) is 9.37 Å². The molecule has 0 amide bonds. The first-order valence-corrected chi connectivity index (χ1v) is 9.87. The Hall–Kier alpha value is -3.33. The summed E-state index contributed by atoms with van der Waals surface area (Å²) in [5, 5.41) is 9.98. The van der Waals surface area contributed by atoms with Gasteiger partial charge < -0.3 is 4.74 Å². The first-order valence-electron chi connectivity index (χ1n) is 9.06. The fourth-order valence-corrected chi connectivity index (χ4v) is 3.67. The van der Waals surface area contributed by atoms with Crippen LogP contribution in [0.5, 0.6) is 11.6 Å². The van der Waals surface area contributed by atoms with Crippen molar-refractivity contribution in [2.75, 3.05) is 0 Å². The largest absolute Gasteiger partial charge is 0.439 e. The summed E-state index contributed by atoms with van der Waals surface area (Å²) in [5.41, 5.74) is 0.973. The first kappa shape index (κ1) is 17.7. The Kier molecular flexibility index (Phi) is 4.65. The van der Waals surface area contributed by atoms with E-state index in [0.717, 1.165) is 29.4 Å². The van der Waals surface area contributed by atoms with Crippen molar-refractivity contribution in [1.82, 2.24) is 29.7 Å². The second-order valence-electron chi connectivity index (χ2n) is 6.48. The third-order valence-electron chi connectivity index (χ3n) is 4.34. The molecule has 4 aromatic rings. The maximum absolute atomic E-state index is 13.1. The summed E-state index contributed by atoms with van der Waals surface area (Å²) in [5.74, 6) is 1.37. The zero-order valence-electron chi connectivity index (χ0n) is 15.1. The van der Waals surface area contributed by atoms with Crippen LogP contribution in [0, 0.1) is 5.82 Å². The Bertz CT molecular complexity index is 1130. The number of hydrogen-bond acceptors (Lipinski definition) is 7. The van der Waals surface area contributed by atoms with E-state index in [1.807, 2.05) is 12.1 Å². The maximum Gasteiger partial charge on any atom is 0.223 e. The average molecular weight is 406 g/mol. The van der Waals surface area contributed by atoms with Crippen LogP contribution in [0.3, 0.4) is 0 Å². The number of pyridine rings is 1. The summed E-state index contributed by atoms with van der Waals surface area (Å²) in [7, 11) is 0. The van der Waals surface area contributed by atoms with Crippen LogP contribution in [0.4, 0.5) is 4.39 Å². The molecular weight excluding hydrogens is 391 g/mol. The molecule has 0 unspecified atom stereocenters. The molecule has 0 radical (unpaired) electrons. The van der Waals surface area contributed by atoms with E-state index in [1.165, 1.54) is 23.9 Å². The van der Waals surface area contributed by atoms with Crippen molar-refractivity contribution in [2.24, 2.45) is 0 Å². The van der Waals surface area contributed by atoms with Gasteiger partial charge in [-0.05, 0) is 61.0 Å². The molecule has 0 saturated heterocycles. The maximum atomic E-state index is 13.1. The van der Waals surface area contributed by atoms with E-state index in [-0.39, 0.29) is 5.82 Å². The molecule has 3 aromatic heterocycles. The molecule has 0 aliphatic heterocycles. The molecular formula is C20H15FN6OS. The van der Waals surface area contributed by atoms with Crippen LogP contribution in [0.2, 0.25) is 0 Å². The smallest absolute Gasteiger partial charge is 0.223 e. The monoisotopic (exact) mass is 406 g/mol. The predicted octanol–water partition coefficient (Wildman–Crippen LogP) is 4.55. The molecule has 1 aliphatic carbocycles. The standard InChI is InChI=1S/C20H15FN6OS/c21-14-1-5-16(6-2-14)28-17-9-12-23-19(24-17)29-20-26-25-18(27(20)15-3-4-15)13-7-10-22-11-8-13/h1-2,5-12,15H,3-4H2. The molecule has 1 fully saturated rings. The van der Waals surface area contributed by atoms with Gasteiger partial charge in [-0.3, -0.25) is 9.55 Å². The van der Waals surface area contributed by atoms with Gasteiger partial charge in [0.2, 0.25) is 5.88 Å². The highest BCUT2D eigenvalue weighted by molar-refractivity contribution is 7.99. The molecule has 0 bridgehead atoms. The summed E-state index contributed by atoms with van der Waals surface area (Å²) >= 11 is 1.34. The van der Waals surface area contributed by atoms with E-state index in [2.05, 4.69) is 29.7 Å². The molecule has 29 heavy (non-hydrogen) atoms. The second kappa shape index (κ2) is 7.59. The van der Waals surface area contributed by atoms with Gasteiger partial charge in [0, 0.05) is 36.3 Å². The molecule has 0 N–H and O–H groups in total. The Labute approximate surface area is 170 Å². The van der Waals surface area contributed by atoms with Crippen LogP contribution < -0.4 is 4.74 Å². The van der Waals surface area contributed by atoms with Crippen molar-refractivity contribution in [3.8, 4) is 23.0 Å². The van der Waals surface area contributed by atoms with Gasteiger partial charge in [0.1, 0.15) is 11.6 Å². The highest BCUT2D eigenvalue weighted by atomic mass is 32.2. The highest BCUT2D eigenvalue weighted by Crippen LogP contribution is 2.42. The Morgan fingerprint density at radius 1 is 0.966 bits per heavy atom. The van der Waals surface area contributed by atoms with Gasteiger partial charge in [0.05, 0.1) is 0 Å². The molecule has 1 saturated carbocycles. The number of ether oxygens (including phenoxy) is 1. The van der Waals surface area contributed by atoms with Crippen molar-refractivity contribution in [1.29, 1.82) is 0 Å². The first-order chi connectivity index (χ1) is 14.3. The van der Waals surface area contributed by atoms with Crippen LogP contribution in [0.1, 0.15) is 18.9 Å². The summed E-state index contributed by atoms with van der Waals surface area (Å²) in [6, 6.07) is 11.7. The number of nitrogens with zero attached hydrogens (tertiary/aromatic N) is 6. The van der Waals surface area contributed by atoms with Crippen molar-refractivity contribution in [3.05, 3.63) is 66.9 Å². The normalized spacial score (nSPS) is 13.4. The topological polar surface area (TPSA) is 78.6 Å². The lowest BCUT2D eigenvalue weighted by molar-refractivity contribution is 0.454. The van der Waals surface area contributed by atoms with Crippen molar-refractivity contribution in [3.63, 3.8) is 0 Å². The summed E-state index contributed by atoms with van der Waals surface area (Å²) < 4.78 is 20.9. The minimum Gasteiger partial charge on any atom is -0.439 e. The van der Waals surface area contributed by atoms with E-state index < -0.39 is 0 Å². The van der Waals surface area contributed by atoms with Crippen molar-refractivity contribution >= 4 is 11.8 Å². The minimum absolute atomic E-state index is 0.319. The Balaban J connectivity index is 1.41. The highest BCUT2D eigenvalue weighted by Gasteiger charge is 2.30. The number of halogens is 1. The van der Waals surface area contributed by atoms with E-state index in [1.54, 1.807) is 36.8 Å². The third-order valence-corrected chi connectivity index (χ3v) is 5.18. The van der Waals surface area contributed by atoms with Gasteiger partial charge >= 0.3 is 0 Å². The average Bonchev–Trinajstić information content (AvgIpc) is 3.51. The zero-order chi connectivity index (χ0) is 19.6. The molecule has 0 spiro atoms. The third kappa shape index (κ3) is 3.95. The quantitative estimate of drug-likeness (QED) is 0.435. The lowest BCUT2D eigenvalue weighted by Gasteiger charge is -2.09. The van der Waals surface area contributed by atoms with E-state index in [4.69, 9.17) is 4.74 Å². The number of hydrogen-bond donors (Lipinski definition) is 0. The summed E-state index contributed by atoms with van der Waals surface area (Å²) in [6.07, 6.45) is 7.30. The Morgan fingerprint density at radius 3 is 2.52 bits per heavy atom. The molecule has 144 valence electrons. The van der Waals surface area contributed by atoms with Gasteiger partial charge in [0.25, 0.3) is 0 Å². The van der Waals surface area contributed by atoms with E-state index in [9.17, 15) is 4.39 Å². The van der Waals surface area contributed by atoms with Gasteiger partial charge in [-0.2, -0.15) is 4.98 Å². The van der Waals surface area contributed by atoms with E-state index in [0.29, 0.717) is 22.8 Å². The van der Waals surface area contributed by atoms with Crippen LogP contribution in [-0.2, 0) is 0 Å². The molecule has 1 aliphatic rings. The molecule has 7 nitrogen and oxygen atoms in total. The van der Waals surface area contributed by atoms with Crippen LogP contribution in [-0.4, -0.2) is 29.7 Å². The number of benzene rings is 1. The van der Waals surface area contributed by atoms with Gasteiger partial charge in [-0.1, -0.05) is 0 Å². The molecule has 5 rings (SSSR count). The second-order valence-corrected chi connectivity index (χ2v) is 7.41. The molecule has 0 atom stereocenters. The SMILES string of the molecule is Fc1ccc(Oc2ccnc(Sc3nnc(-c4ccncc4)n3C3CC3)n2)cc1. The number of aromatic nitrogens is 6. The Morgan fingerprint density at radius 2 is 1.76 bits per heavy atom. The van der Waals surface area contributed by atoms with Crippen LogP contribution in [0.25, 0.3) is 11.4 Å².